The van der Waals surface area contributed by atoms with E-state index in [0.717, 1.165) is 19.6 Å². The minimum atomic E-state index is -3.45. The first-order chi connectivity index (χ1) is 11.3. The van der Waals surface area contributed by atoms with Crippen LogP contribution in [0.5, 0.6) is 0 Å². The standard InChI is InChI=1S/C17H25N3O3S/c1-18(2)12-13-19-14-17(16(19)21)8-10-20(11-9-17)24(22,23)15-6-4-3-5-7-15/h3-7H,8-14H2,1-2H3. The van der Waals surface area contributed by atoms with Gasteiger partial charge in [0.05, 0.1) is 10.3 Å². The van der Waals surface area contributed by atoms with Crippen LogP contribution in [0.25, 0.3) is 0 Å². The molecule has 2 fully saturated rings. The lowest BCUT2D eigenvalue weighted by Crippen LogP contribution is -2.65. The third kappa shape index (κ3) is 3.08. The van der Waals surface area contributed by atoms with Crippen LogP contribution in [-0.4, -0.2) is 75.2 Å². The van der Waals surface area contributed by atoms with Crippen LogP contribution in [0.4, 0.5) is 0 Å². The number of sulfonamides is 1. The van der Waals surface area contributed by atoms with E-state index in [0.29, 0.717) is 30.8 Å². The van der Waals surface area contributed by atoms with E-state index in [9.17, 15) is 13.2 Å². The minimum absolute atomic E-state index is 0.195. The molecule has 6 nitrogen and oxygen atoms in total. The normalized spacial score (nSPS) is 21.3. The van der Waals surface area contributed by atoms with Gasteiger partial charge in [0, 0.05) is 32.7 Å². The molecule has 0 atom stereocenters. The minimum Gasteiger partial charge on any atom is -0.340 e. The lowest BCUT2D eigenvalue weighted by molar-refractivity contribution is -0.164. The van der Waals surface area contributed by atoms with Crippen LogP contribution in [0, 0.1) is 5.41 Å². The average Bonchev–Trinajstić information content (AvgIpc) is 2.59. The van der Waals surface area contributed by atoms with Crippen LogP contribution in [0.3, 0.4) is 0 Å². The van der Waals surface area contributed by atoms with Gasteiger partial charge < -0.3 is 9.80 Å². The summed E-state index contributed by atoms with van der Waals surface area (Å²) >= 11 is 0. The maximum absolute atomic E-state index is 12.7. The largest absolute Gasteiger partial charge is 0.340 e. The van der Waals surface area contributed by atoms with Crippen molar-refractivity contribution in [3.8, 4) is 0 Å². The van der Waals surface area contributed by atoms with Gasteiger partial charge in [-0.15, -0.1) is 0 Å². The predicted molar refractivity (Wildman–Crippen MR) is 92.0 cm³/mol. The number of hydrogen-bond donors (Lipinski definition) is 0. The van der Waals surface area contributed by atoms with E-state index in [1.54, 1.807) is 30.3 Å². The number of carbonyl (C=O) groups is 1. The zero-order chi connectivity index (χ0) is 17.4. The molecule has 0 radical (unpaired) electrons. The summed E-state index contributed by atoms with van der Waals surface area (Å²) in [5.74, 6) is 0.195. The molecule has 2 saturated heterocycles. The first-order valence-corrected chi connectivity index (χ1v) is 9.78. The number of carbonyl (C=O) groups excluding carboxylic acids is 1. The molecule has 0 unspecified atom stereocenters. The summed E-state index contributed by atoms with van der Waals surface area (Å²) < 4.78 is 26.8. The van der Waals surface area contributed by atoms with Crippen molar-refractivity contribution in [3.05, 3.63) is 30.3 Å². The second-order valence-electron chi connectivity index (χ2n) is 7.03. The van der Waals surface area contributed by atoms with Crippen LogP contribution in [-0.2, 0) is 14.8 Å². The molecule has 0 aromatic heterocycles. The average molecular weight is 351 g/mol. The van der Waals surface area contributed by atoms with Crippen LogP contribution in [0.2, 0.25) is 0 Å². The molecular weight excluding hydrogens is 326 g/mol. The first-order valence-electron chi connectivity index (χ1n) is 8.34. The van der Waals surface area contributed by atoms with Crippen LogP contribution in [0.1, 0.15) is 12.8 Å². The van der Waals surface area contributed by atoms with Crippen molar-refractivity contribution in [2.24, 2.45) is 5.41 Å². The molecule has 2 heterocycles. The summed E-state index contributed by atoms with van der Waals surface area (Å²) in [6, 6.07) is 8.51. The Hall–Kier alpha value is -1.44. The van der Waals surface area contributed by atoms with E-state index in [4.69, 9.17) is 0 Å². The summed E-state index contributed by atoms with van der Waals surface area (Å²) in [6.45, 7) is 3.21. The van der Waals surface area contributed by atoms with Crippen LogP contribution >= 0.6 is 0 Å². The Bertz CT molecular complexity index is 695. The van der Waals surface area contributed by atoms with E-state index < -0.39 is 10.0 Å². The third-order valence-electron chi connectivity index (χ3n) is 5.11. The van der Waals surface area contributed by atoms with E-state index in [2.05, 4.69) is 4.90 Å². The highest BCUT2D eigenvalue weighted by molar-refractivity contribution is 7.89. The highest BCUT2D eigenvalue weighted by atomic mass is 32.2. The van der Waals surface area contributed by atoms with Crippen LogP contribution in [0.15, 0.2) is 35.2 Å². The molecule has 132 valence electrons. The Kier molecular flexibility index (Phi) is 4.68. The molecule has 0 aliphatic carbocycles. The molecule has 0 saturated carbocycles. The highest BCUT2D eigenvalue weighted by Gasteiger charge is 2.53. The van der Waals surface area contributed by atoms with E-state index in [1.807, 2.05) is 19.0 Å². The van der Waals surface area contributed by atoms with Crippen molar-refractivity contribution in [1.29, 1.82) is 0 Å². The van der Waals surface area contributed by atoms with E-state index >= 15 is 0 Å². The quantitative estimate of drug-likeness (QED) is 0.739. The topological polar surface area (TPSA) is 60.9 Å². The Morgan fingerprint density at radius 1 is 1.12 bits per heavy atom. The molecule has 2 aliphatic heterocycles. The lowest BCUT2D eigenvalue weighted by atomic mass is 9.71. The van der Waals surface area contributed by atoms with Crippen molar-refractivity contribution in [1.82, 2.24) is 14.1 Å². The molecule has 7 heteroatoms. The molecule has 1 aromatic carbocycles. The van der Waals surface area contributed by atoms with Crippen LogP contribution < -0.4 is 0 Å². The Balaban J connectivity index is 1.60. The number of piperidine rings is 1. The number of nitrogens with zero attached hydrogens (tertiary/aromatic N) is 3. The van der Waals surface area contributed by atoms with Gasteiger partial charge in [0.2, 0.25) is 15.9 Å². The van der Waals surface area contributed by atoms with Gasteiger partial charge >= 0.3 is 0 Å². The van der Waals surface area contributed by atoms with E-state index in [1.165, 1.54) is 4.31 Å². The van der Waals surface area contributed by atoms with Gasteiger partial charge in [0.25, 0.3) is 0 Å². The molecule has 24 heavy (non-hydrogen) atoms. The fraction of sp³-hybridized carbons (Fsp3) is 0.588. The molecule has 1 amide bonds. The van der Waals surface area contributed by atoms with Crippen molar-refractivity contribution in [3.63, 3.8) is 0 Å². The SMILES string of the molecule is CN(C)CCN1CC2(CCN(S(=O)(=O)c3ccccc3)CC2)C1=O. The second-order valence-corrected chi connectivity index (χ2v) is 8.97. The highest BCUT2D eigenvalue weighted by Crippen LogP contribution is 2.42. The van der Waals surface area contributed by atoms with Gasteiger partial charge in [0.1, 0.15) is 0 Å². The van der Waals surface area contributed by atoms with Crippen molar-refractivity contribution >= 4 is 15.9 Å². The molecule has 2 aliphatic rings. The van der Waals surface area contributed by atoms with Crippen molar-refractivity contribution < 1.29 is 13.2 Å². The predicted octanol–water partition coefficient (Wildman–Crippen LogP) is 0.861. The molecule has 1 aromatic rings. The maximum Gasteiger partial charge on any atom is 0.243 e. The zero-order valence-electron chi connectivity index (χ0n) is 14.3. The van der Waals surface area contributed by atoms with Gasteiger partial charge in [-0.2, -0.15) is 4.31 Å². The Labute approximate surface area is 144 Å². The fourth-order valence-corrected chi connectivity index (χ4v) is 4.98. The molecule has 0 N–H and O–H groups in total. The first kappa shape index (κ1) is 17.4. The molecule has 0 bridgehead atoms. The number of likely N-dealkylation sites (N-methyl/N-ethyl adjacent to an activating group) is 1. The van der Waals surface area contributed by atoms with E-state index in [-0.39, 0.29) is 11.3 Å². The van der Waals surface area contributed by atoms with Crippen molar-refractivity contribution in [2.45, 2.75) is 17.7 Å². The fourth-order valence-electron chi connectivity index (χ4n) is 3.52. The number of hydrogen-bond acceptors (Lipinski definition) is 4. The maximum atomic E-state index is 12.7. The van der Waals surface area contributed by atoms with Gasteiger partial charge in [-0.3, -0.25) is 4.79 Å². The second kappa shape index (κ2) is 6.46. The number of β-lactam (4-membered cyclic amide) rings is 1. The summed E-state index contributed by atoms with van der Waals surface area (Å²) in [6.07, 6.45) is 1.24. The molecule has 1 spiro atoms. The summed E-state index contributed by atoms with van der Waals surface area (Å²) in [4.78, 5) is 16.8. The smallest absolute Gasteiger partial charge is 0.243 e. The zero-order valence-corrected chi connectivity index (χ0v) is 15.1. The number of amides is 1. The van der Waals surface area contributed by atoms with Gasteiger partial charge in [0.15, 0.2) is 0 Å². The van der Waals surface area contributed by atoms with Gasteiger partial charge in [-0.05, 0) is 39.1 Å². The lowest BCUT2D eigenvalue weighted by Gasteiger charge is -2.52. The van der Waals surface area contributed by atoms with Gasteiger partial charge in [-0.25, -0.2) is 8.42 Å². The molecular formula is C17H25N3O3S. The third-order valence-corrected chi connectivity index (χ3v) is 7.02. The Morgan fingerprint density at radius 2 is 1.75 bits per heavy atom. The monoisotopic (exact) mass is 351 g/mol. The number of rotatable bonds is 5. The number of benzene rings is 1. The van der Waals surface area contributed by atoms with Gasteiger partial charge in [-0.1, -0.05) is 18.2 Å². The summed E-state index contributed by atoms with van der Waals surface area (Å²) in [5.41, 5.74) is -0.324. The Morgan fingerprint density at radius 3 is 2.29 bits per heavy atom. The van der Waals surface area contributed by atoms with Crippen molar-refractivity contribution in [2.75, 3.05) is 46.8 Å². The molecule has 3 rings (SSSR count). The number of likely N-dealkylation sites (tertiary alicyclic amines) is 1. The summed E-state index contributed by atoms with van der Waals surface area (Å²) in [7, 11) is 0.539. The summed E-state index contributed by atoms with van der Waals surface area (Å²) in [5, 5.41) is 0.